The first-order valence-electron chi connectivity index (χ1n) is 10.2. The normalized spacial score (nSPS) is 15.4. The minimum absolute atomic E-state index is 0.0794. The van der Waals surface area contributed by atoms with Crippen molar-refractivity contribution in [3.8, 4) is 0 Å². The Bertz CT molecular complexity index is 504. The van der Waals surface area contributed by atoms with Crippen molar-refractivity contribution in [1.29, 1.82) is 0 Å². The lowest BCUT2D eigenvalue weighted by atomic mass is 9.94. The highest BCUT2D eigenvalue weighted by Crippen LogP contribution is 2.58. The Morgan fingerprint density at radius 1 is 0.548 bits per heavy atom. The van der Waals surface area contributed by atoms with Crippen molar-refractivity contribution in [1.82, 2.24) is 0 Å². The number of rotatable bonds is 16. The quantitative estimate of drug-likeness (QED) is 0.0725. The Morgan fingerprint density at radius 2 is 0.935 bits per heavy atom. The lowest BCUT2D eigenvalue weighted by Crippen LogP contribution is -2.66. The Kier molecular flexibility index (Phi) is 12.4. The Hall–Kier alpha value is -0.0400. The number of halogens is 12. The molecule has 0 bridgehead atoms. The molecule has 0 aromatic heterocycles. The van der Waals surface area contributed by atoms with Crippen LogP contribution in [0.1, 0.15) is 84.0 Å². The van der Waals surface area contributed by atoms with Gasteiger partial charge in [-0.2, -0.15) is 48.3 Å². The van der Waals surface area contributed by atoms with Crippen LogP contribution in [0.15, 0.2) is 0 Å². The molecule has 0 nitrogen and oxygen atoms in total. The molecule has 31 heavy (non-hydrogen) atoms. The van der Waals surface area contributed by atoms with Crippen LogP contribution in [0.5, 0.6) is 0 Å². The molecule has 0 amide bonds. The molecule has 12 heteroatoms. The molecule has 0 aromatic carbocycles. The van der Waals surface area contributed by atoms with E-state index in [9.17, 15) is 48.3 Å². The van der Waals surface area contributed by atoms with E-state index < -0.39 is 40.2 Å². The zero-order valence-electron chi connectivity index (χ0n) is 17.1. The first kappa shape index (κ1) is 31.0. The summed E-state index contributed by atoms with van der Waals surface area (Å²) in [4.78, 5) is 0. The molecule has 0 aliphatic rings. The highest BCUT2D eigenvalue weighted by atomic mass is 127. The average Bonchev–Trinajstić information content (AvgIpc) is 2.61. The van der Waals surface area contributed by atoms with Gasteiger partial charge in [-0.15, -0.1) is 0 Å². The first-order valence-corrected chi connectivity index (χ1v) is 11.4. The van der Waals surface area contributed by atoms with Gasteiger partial charge in [-0.05, 0) is 6.42 Å². The summed E-state index contributed by atoms with van der Waals surface area (Å²) in [6.07, 6.45) is 0.0397. The number of hydrogen-bond acceptors (Lipinski definition) is 0. The summed E-state index contributed by atoms with van der Waals surface area (Å²) in [6.45, 7) is 2.10. The molecule has 0 saturated heterocycles. The van der Waals surface area contributed by atoms with Crippen LogP contribution in [-0.4, -0.2) is 33.8 Å². The zero-order chi connectivity index (χ0) is 24.6. The third-order valence-electron chi connectivity index (χ3n) is 4.95. The predicted molar refractivity (Wildman–Crippen MR) is 105 cm³/mol. The molecule has 188 valence electrons. The van der Waals surface area contributed by atoms with E-state index in [-0.39, 0.29) is 6.42 Å². The van der Waals surface area contributed by atoms with Crippen molar-refractivity contribution in [2.45, 2.75) is 118 Å². The van der Waals surface area contributed by atoms with Gasteiger partial charge in [0.15, 0.2) is 0 Å². The summed E-state index contributed by atoms with van der Waals surface area (Å²) in [5.74, 6) is -27.3. The maximum absolute atomic E-state index is 13.7. The monoisotopic (exact) mass is 592 g/mol. The fourth-order valence-corrected chi connectivity index (χ4v) is 3.96. The molecule has 0 aliphatic carbocycles. The van der Waals surface area contributed by atoms with Crippen LogP contribution in [0.4, 0.5) is 48.3 Å². The smallest absolute Gasteiger partial charge is 0.200 e. The maximum atomic E-state index is 13.7. The van der Waals surface area contributed by atoms with E-state index in [1.165, 1.54) is 29.0 Å². The van der Waals surface area contributed by atoms with Gasteiger partial charge in [0.1, 0.15) is 0 Å². The predicted octanol–water partition coefficient (Wildman–Crippen LogP) is 9.59. The van der Waals surface area contributed by atoms with Crippen molar-refractivity contribution < 1.29 is 48.3 Å². The van der Waals surface area contributed by atoms with E-state index in [4.69, 9.17) is 0 Å². The molecule has 0 heterocycles. The Morgan fingerprint density at radius 3 is 1.32 bits per heavy atom. The molecule has 0 spiro atoms. The fourth-order valence-electron chi connectivity index (χ4n) is 2.97. The third-order valence-corrected chi connectivity index (χ3v) is 6.02. The lowest BCUT2D eigenvalue weighted by molar-refractivity contribution is -0.422. The molecule has 0 saturated carbocycles. The maximum Gasteiger partial charge on any atom is 0.460 e. The average molecular weight is 592 g/mol. The van der Waals surface area contributed by atoms with Gasteiger partial charge in [0.25, 0.3) is 0 Å². The van der Waals surface area contributed by atoms with Gasteiger partial charge in [0.2, 0.25) is 0 Å². The van der Waals surface area contributed by atoms with Crippen LogP contribution in [0.3, 0.4) is 0 Å². The molecule has 0 rings (SSSR count). The minimum Gasteiger partial charge on any atom is -0.200 e. The first-order chi connectivity index (χ1) is 14.0. The number of unbranched alkanes of at least 4 members (excludes halogenated alkanes) is 9. The van der Waals surface area contributed by atoms with E-state index in [1.807, 2.05) is 0 Å². The zero-order valence-corrected chi connectivity index (χ0v) is 19.3. The van der Waals surface area contributed by atoms with Crippen molar-refractivity contribution >= 4 is 22.6 Å². The number of alkyl halides is 12. The Balaban J connectivity index is 4.60. The van der Waals surface area contributed by atoms with E-state index in [1.54, 1.807) is 0 Å². The van der Waals surface area contributed by atoms with Crippen LogP contribution in [0, 0.1) is 0 Å². The molecule has 1 unspecified atom stereocenters. The summed E-state index contributed by atoms with van der Waals surface area (Å²) >= 11 is 1.29. The summed E-state index contributed by atoms with van der Waals surface area (Å²) in [5, 5.41) is 0. The Labute approximate surface area is 188 Å². The van der Waals surface area contributed by atoms with Gasteiger partial charge < -0.3 is 0 Å². The van der Waals surface area contributed by atoms with Crippen molar-refractivity contribution in [3.05, 3.63) is 0 Å². The largest absolute Gasteiger partial charge is 0.460 e. The molecule has 1 atom stereocenters. The molecule has 0 N–H and O–H groups in total. The SMILES string of the molecule is CCCCCCCCCCCCC(I)CC(F)(F)C(F)(F)C(F)(F)C(F)(F)C(F)(F)F. The third kappa shape index (κ3) is 8.35. The fraction of sp³-hybridized carbons (Fsp3) is 1.00. The number of hydrogen-bond donors (Lipinski definition) is 0. The van der Waals surface area contributed by atoms with E-state index >= 15 is 0 Å². The summed E-state index contributed by atoms with van der Waals surface area (Å²) in [7, 11) is 0. The highest BCUT2D eigenvalue weighted by molar-refractivity contribution is 14.1. The van der Waals surface area contributed by atoms with E-state index in [0.29, 0.717) is 12.8 Å². The molecule has 0 fully saturated rings. The topological polar surface area (TPSA) is 0 Å². The van der Waals surface area contributed by atoms with Gasteiger partial charge in [0, 0.05) is 10.3 Å². The molecular formula is C19H28F11I. The second-order valence-electron chi connectivity index (χ2n) is 7.70. The van der Waals surface area contributed by atoms with Crippen LogP contribution in [-0.2, 0) is 0 Å². The molecular weight excluding hydrogens is 564 g/mol. The lowest BCUT2D eigenvalue weighted by Gasteiger charge is -2.37. The summed E-state index contributed by atoms with van der Waals surface area (Å²) < 4.78 is 142. The summed E-state index contributed by atoms with van der Waals surface area (Å²) in [6, 6.07) is 0. The van der Waals surface area contributed by atoms with Gasteiger partial charge >= 0.3 is 29.9 Å². The second-order valence-corrected chi connectivity index (χ2v) is 9.46. The molecule has 0 aliphatic heterocycles. The van der Waals surface area contributed by atoms with Crippen LogP contribution in [0.25, 0.3) is 0 Å². The van der Waals surface area contributed by atoms with Gasteiger partial charge in [0.05, 0.1) is 0 Å². The molecule has 0 aromatic rings. The van der Waals surface area contributed by atoms with E-state index in [2.05, 4.69) is 6.92 Å². The van der Waals surface area contributed by atoms with Gasteiger partial charge in [-0.1, -0.05) is 93.7 Å². The molecule has 0 radical (unpaired) electrons. The second kappa shape index (κ2) is 12.4. The van der Waals surface area contributed by atoms with Crippen molar-refractivity contribution in [2.24, 2.45) is 0 Å². The van der Waals surface area contributed by atoms with Gasteiger partial charge in [-0.3, -0.25) is 0 Å². The highest BCUT2D eigenvalue weighted by Gasteiger charge is 2.86. The minimum atomic E-state index is -7.32. The summed E-state index contributed by atoms with van der Waals surface area (Å²) in [5.41, 5.74) is 0. The standard InChI is InChI=1S/C19H28F11I/c1-2-3-4-5-6-7-8-9-10-11-12-14(31)13-15(20,21)16(22,23)17(24,25)18(26,27)19(28,29)30/h14H,2-13H2,1H3. The van der Waals surface area contributed by atoms with Crippen LogP contribution in [0.2, 0.25) is 0 Å². The van der Waals surface area contributed by atoms with Crippen LogP contribution < -0.4 is 0 Å². The van der Waals surface area contributed by atoms with Crippen molar-refractivity contribution in [3.63, 3.8) is 0 Å². The van der Waals surface area contributed by atoms with Gasteiger partial charge in [-0.25, -0.2) is 0 Å². The van der Waals surface area contributed by atoms with Crippen molar-refractivity contribution in [2.75, 3.05) is 0 Å². The van der Waals surface area contributed by atoms with Crippen LogP contribution >= 0.6 is 22.6 Å². The van der Waals surface area contributed by atoms with E-state index in [0.717, 1.165) is 44.9 Å².